The Morgan fingerprint density at radius 3 is 2.60 bits per heavy atom. The summed E-state index contributed by atoms with van der Waals surface area (Å²) in [5.74, 6) is 0. The van der Waals surface area contributed by atoms with Gasteiger partial charge in [-0.3, -0.25) is 4.90 Å². The Kier molecular flexibility index (Phi) is 4.00. The minimum absolute atomic E-state index is 0.808. The number of likely N-dealkylation sites (tertiary alicyclic amines) is 1. The number of nitrogens with one attached hydrogen (secondary N) is 1. The Bertz CT molecular complexity index is 191. The van der Waals surface area contributed by atoms with Gasteiger partial charge in [-0.1, -0.05) is 6.92 Å². The minimum Gasteiger partial charge on any atom is -0.314 e. The van der Waals surface area contributed by atoms with Gasteiger partial charge in [0.1, 0.15) is 0 Å². The van der Waals surface area contributed by atoms with Crippen LogP contribution in [0.15, 0.2) is 0 Å². The Hall–Kier alpha value is -0.120. The molecule has 2 heterocycles. The summed E-state index contributed by atoms with van der Waals surface area (Å²) >= 11 is 0. The van der Waals surface area contributed by atoms with Gasteiger partial charge in [0.25, 0.3) is 0 Å². The van der Waals surface area contributed by atoms with Crippen LogP contribution in [-0.4, -0.2) is 61.7 Å². The van der Waals surface area contributed by atoms with Crippen LogP contribution in [0.3, 0.4) is 0 Å². The van der Waals surface area contributed by atoms with E-state index < -0.39 is 0 Å². The molecule has 2 fully saturated rings. The van der Waals surface area contributed by atoms with Gasteiger partial charge in [0.2, 0.25) is 0 Å². The molecule has 0 saturated carbocycles. The van der Waals surface area contributed by atoms with E-state index in [2.05, 4.69) is 29.1 Å². The van der Waals surface area contributed by atoms with Crippen LogP contribution in [0, 0.1) is 0 Å². The fourth-order valence-corrected chi connectivity index (χ4v) is 2.72. The largest absolute Gasteiger partial charge is 0.314 e. The molecule has 15 heavy (non-hydrogen) atoms. The predicted molar refractivity (Wildman–Crippen MR) is 64.2 cm³/mol. The van der Waals surface area contributed by atoms with Crippen LogP contribution in [0.4, 0.5) is 0 Å². The molecular weight excluding hydrogens is 186 g/mol. The van der Waals surface area contributed by atoms with Crippen LogP contribution in [0.2, 0.25) is 0 Å². The number of hydrogen-bond donors (Lipinski definition) is 1. The van der Waals surface area contributed by atoms with Crippen LogP contribution >= 0.6 is 0 Å². The van der Waals surface area contributed by atoms with Crippen molar-refractivity contribution >= 4 is 0 Å². The summed E-state index contributed by atoms with van der Waals surface area (Å²) in [4.78, 5) is 5.21. The maximum atomic E-state index is 3.36. The van der Waals surface area contributed by atoms with Crippen molar-refractivity contribution in [1.29, 1.82) is 0 Å². The molecule has 2 aliphatic heterocycles. The third kappa shape index (κ3) is 2.71. The fourth-order valence-electron chi connectivity index (χ4n) is 2.72. The van der Waals surface area contributed by atoms with Crippen molar-refractivity contribution in [2.75, 3.05) is 39.8 Å². The van der Waals surface area contributed by atoms with Crippen molar-refractivity contribution < 1.29 is 0 Å². The van der Waals surface area contributed by atoms with Crippen molar-refractivity contribution in [2.24, 2.45) is 0 Å². The molecule has 0 aromatic carbocycles. The molecule has 0 radical (unpaired) electrons. The molecule has 1 unspecified atom stereocenters. The number of hydrogen-bond acceptors (Lipinski definition) is 3. The van der Waals surface area contributed by atoms with E-state index in [1.165, 1.54) is 52.0 Å². The predicted octanol–water partition coefficient (Wildman–Crippen LogP) is 0.764. The molecular formula is C12H25N3. The highest BCUT2D eigenvalue weighted by Crippen LogP contribution is 2.18. The number of likely N-dealkylation sites (N-methyl/N-ethyl adjacent to an activating group) is 1. The van der Waals surface area contributed by atoms with E-state index in [9.17, 15) is 0 Å². The lowest BCUT2D eigenvalue weighted by molar-refractivity contribution is 0.116. The smallest absolute Gasteiger partial charge is 0.0345 e. The summed E-state index contributed by atoms with van der Waals surface area (Å²) in [5, 5.41) is 3.36. The lowest BCUT2D eigenvalue weighted by Crippen LogP contribution is -2.58. The van der Waals surface area contributed by atoms with Crippen LogP contribution in [-0.2, 0) is 0 Å². The Morgan fingerprint density at radius 2 is 2.00 bits per heavy atom. The second kappa shape index (κ2) is 5.28. The van der Waals surface area contributed by atoms with Gasteiger partial charge in [-0.15, -0.1) is 0 Å². The second-order valence-corrected chi connectivity index (χ2v) is 5.00. The first-order chi connectivity index (χ1) is 7.31. The zero-order valence-electron chi connectivity index (χ0n) is 10.2. The van der Waals surface area contributed by atoms with Crippen molar-refractivity contribution in [3.8, 4) is 0 Å². The lowest BCUT2D eigenvalue weighted by Gasteiger charge is -2.40. The van der Waals surface area contributed by atoms with Crippen molar-refractivity contribution in [2.45, 2.75) is 38.3 Å². The third-order valence-electron chi connectivity index (χ3n) is 4.15. The van der Waals surface area contributed by atoms with E-state index in [-0.39, 0.29) is 0 Å². The van der Waals surface area contributed by atoms with E-state index in [0.717, 1.165) is 12.1 Å². The maximum Gasteiger partial charge on any atom is 0.0345 e. The monoisotopic (exact) mass is 211 g/mol. The summed E-state index contributed by atoms with van der Waals surface area (Å²) in [5.41, 5.74) is 0. The Balaban J connectivity index is 1.81. The molecule has 3 heteroatoms. The summed E-state index contributed by atoms with van der Waals surface area (Å²) < 4.78 is 0. The first kappa shape index (κ1) is 11.4. The van der Waals surface area contributed by atoms with Gasteiger partial charge in [0.15, 0.2) is 0 Å². The lowest BCUT2D eigenvalue weighted by atomic mass is 10.0. The van der Waals surface area contributed by atoms with Gasteiger partial charge in [-0.2, -0.15) is 0 Å². The average Bonchev–Trinajstić information content (AvgIpc) is 2.39. The normalized spacial score (nSPS) is 30.2. The second-order valence-electron chi connectivity index (χ2n) is 5.00. The van der Waals surface area contributed by atoms with Crippen molar-refractivity contribution in [3.05, 3.63) is 0 Å². The van der Waals surface area contributed by atoms with Gasteiger partial charge >= 0.3 is 0 Å². The van der Waals surface area contributed by atoms with E-state index in [1.807, 2.05) is 0 Å². The van der Waals surface area contributed by atoms with Crippen LogP contribution < -0.4 is 5.32 Å². The SMILES string of the molecule is CCN1CCCC(N(C)C2CNC2)CC1. The average molecular weight is 211 g/mol. The van der Waals surface area contributed by atoms with Crippen LogP contribution in [0.1, 0.15) is 26.2 Å². The zero-order chi connectivity index (χ0) is 10.7. The van der Waals surface area contributed by atoms with E-state index in [0.29, 0.717) is 0 Å². The van der Waals surface area contributed by atoms with Crippen LogP contribution in [0.25, 0.3) is 0 Å². The molecule has 88 valence electrons. The molecule has 0 aliphatic carbocycles. The van der Waals surface area contributed by atoms with E-state index in [1.54, 1.807) is 0 Å². The van der Waals surface area contributed by atoms with Gasteiger partial charge < -0.3 is 10.2 Å². The summed E-state index contributed by atoms with van der Waals surface area (Å²) in [7, 11) is 2.32. The first-order valence-corrected chi connectivity index (χ1v) is 6.46. The first-order valence-electron chi connectivity index (χ1n) is 6.46. The molecule has 0 aromatic heterocycles. The van der Waals surface area contributed by atoms with Crippen LogP contribution in [0.5, 0.6) is 0 Å². The quantitative estimate of drug-likeness (QED) is 0.744. The highest BCUT2D eigenvalue weighted by molar-refractivity contribution is 4.87. The molecule has 0 aromatic rings. The molecule has 0 spiro atoms. The molecule has 1 atom stereocenters. The topological polar surface area (TPSA) is 18.5 Å². The van der Waals surface area contributed by atoms with Gasteiger partial charge in [-0.25, -0.2) is 0 Å². The zero-order valence-corrected chi connectivity index (χ0v) is 10.2. The van der Waals surface area contributed by atoms with E-state index in [4.69, 9.17) is 0 Å². The molecule has 0 bridgehead atoms. The molecule has 0 amide bonds. The van der Waals surface area contributed by atoms with Crippen molar-refractivity contribution in [3.63, 3.8) is 0 Å². The molecule has 2 saturated heterocycles. The summed E-state index contributed by atoms with van der Waals surface area (Å²) in [6, 6.07) is 1.64. The highest BCUT2D eigenvalue weighted by atomic mass is 15.2. The number of rotatable bonds is 3. The van der Waals surface area contributed by atoms with Gasteiger partial charge in [-0.05, 0) is 45.9 Å². The highest BCUT2D eigenvalue weighted by Gasteiger charge is 2.28. The van der Waals surface area contributed by atoms with E-state index >= 15 is 0 Å². The maximum absolute atomic E-state index is 3.36. The fraction of sp³-hybridized carbons (Fsp3) is 1.00. The molecule has 2 rings (SSSR count). The van der Waals surface area contributed by atoms with Crippen molar-refractivity contribution in [1.82, 2.24) is 15.1 Å². The summed E-state index contributed by atoms with van der Waals surface area (Å²) in [6.45, 7) is 8.51. The molecule has 1 N–H and O–H groups in total. The van der Waals surface area contributed by atoms with Gasteiger partial charge in [0, 0.05) is 25.2 Å². The van der Waals surface area contributed by atoms with Gasteiger partial charge in [0.05, 0.1) is 0 Å². The third-order valence-corrected chi connectivity index (χ3v) is 4.15. The molecule has 3 nitrogen and oxygen atoms in total. The summed E-state index contributed by atoms with van der Waals surface area (Å²) in [6.07, 6.45) is 4.13. The Labute approximate surface area is 93.8 Å². The Morgan fingerprint density at radius 1 is 1.20 bits per heavy atom. The number of nitrogens with zero attached hydrogens (tertiary/aromatic N) is 2. The standard InChI is InChI=1S/C12H25N3/c1-3-15-7-4-5-11(6-8-15)14(2)12-9-13-10-12/h11-13H,3-10H2,1-2H3. The minimum atomic E-state index is 0.808. The molecule has 2 aliphatic rings.